The molecule has 0 heterocycles. The maximum atomic E-state index is 12.5. The average Bonchev–Trinajstić information content (AvgIpc) is 3.07. The van der Waals surface area contributed by atoms with E-state index in [9.17, 15) is 14.7 Å². The number of nitrogens with one attached hydrogen (secondary N) is 1. The van der Waals surface area contributed by atoms with Gasteiger partial charge in [-0.2, -0.15) is 0 Å². The molecule has 1 amide bonds. The highest BCUT2D eigenvalue weighted by Crippen LogP contribution is 2.38. The van der Waals surface area contributed by atoms with Gasteiger partial charge in [0.15, 0.2) is 0 Å². The lowest BCUT2D eigenvalue weighted by atomic mass is 9.86. The highest BCUT2D eigenvalue weighted by Gasteiger charge is 2.37. The van der Waals surface area contributed by atoms with Crippen LogP contribution in [0.25, 0.3) is 0 Å². The van der Waals surface area contributed by atoms with E-state index in [1.165, 1.54) is 25.7 Å². The normalized spacial score (nSPS) is 22.4. The molecule has 0 saturated heterocycles. The second-order valence-corrected chi connectivity index (χ2v) is 9.68. The van der Waals surface area contributed by atoms with Gasteiger partial charge in [0, 0.05) is 24.4 Å². The van der Waals surface area contributed by atoms with E-state index in [1.807, 2.05) is 18.2 Å². The van der Waals surface area contributed by atoms with Gasteiger partial charge < -0.3 is 9.84 Å². The number of carbonyl (C=O) groups is 2. The van der Waals surface area contributed by atoms with Crippen LogP contribution in [0.5, 0.6) is 0 Å². The second-order valence-electron chi connectivity index (χ2n) is 9.68. The van der Waals surface area contributed by atoms with Crippen LogP contribution in [0.3, 0.4) is 0 Å². The minimum absolute atomic E-state index is 0.0703. The molecule has 2 N–H and O–H groups in total. The number of rotatable bonds is 14. The van der Waals surface area contributed by atoms with E-state index in [2.05, 4.69) is 50.4 Å². The molecule has 1 unspecified atom stereocenters. The summed E-state index contributed by atoms with van der Waals surface area (Å²) in [4.78, 5) is 24.3. The number of anilines is 1. The van der Waals surface area contributed by atoms with E-state index in [0.717, 1.165) is 12.8 Å². The van der Waals surface area contributed by atoms with Crippen molar-refractivity contribution in [2.24, 2.45) is 23.7 Å². The summed E-state index contributed by atoms with van der Waals surface area (Å²) in [6, 6.07) is 8.98. The molecule has 0 aliphatic heterocycles. The Morgan fingerprint density at radius 3 is 2.68 bits per heavy atom. The summed E-state index contributed by atoms with van der Waals surface area (Å²) in [5.41, 5.74) is 0.623. The Balaban J connectivity index is 1.68. The van der Waals surface area contributed by atoms with E-state index >= 15 is 0 Å². The molecule has 1 aliphatic rings. The smallest absolute Gasteiger partial charge is 0.413 e. The fraction of sp³-hybridized carbons (Fsp3) is 0.586. The monoisotopic (exact) mass is 469 g/mol. The van der Waals surface area contributed by atoms with Gasteiger partial charge in [-0.1, -0.05) is 82.5 Å². The highest BCUT2D eigenvalue weighted by molar-refractivity contribution is 5.85. The molecule has 0 aromatic heterocycles. The zero-order valence-corrected chi connectivity index (χ0v) is 21.1. The van der Waals surface area contributed by atoms with Crippen LogP contribution in [0.4, 0.5) is 10.5 Å². The molecule has 1 aromatic carbocycles. The van der Waals surface area contributed by atoms with Crippen LogP contribution in [-0.2, 0) is 9.53 Å². The maximum absolute atomic E-state index is 12.5. The number of ketones is 1. The minimum Gasteiger partial charge on any atom is -0.420 e. The Kier molecular flexibility index (Phi) is 12.7. The first kappa shape index (κ1) is 27.8. The summed E-state index contributed by atoms with van der Waals surface area (Å²) in [6.45, 7) is 6.69. The summed E-state index contributed by atoms with van der Waals surface area (Å²) in [5.74, 6) is 1.73. The predicted molar refractivity (Wildman–Crippen MR) is 138 cm³/mol. The number of para-hydroxylation sites is 1. The van der Waals surface area contributed by atoms with Crippen LogP contribution in [-0.4, -0.2) is 23.3 Å². The third kappa shape index (κ3) is 10.3. The van der Waals surface area contributed by atoms with E-state index in [0.29, 0.717) is 48.5 Å². The molecule has 0 radical (unpaired) electrons. The molecule has 34 heavy (non-hydrogen) atoms. The maximum Gasteiger partial charge on any atom is 0.413 e. The molecule has 1 aromatic rings. The molecule has 0 spiro atoms. The Hall–Kier alpha value is -2.40. The number of ether oxygens (including phenoxy) is 1. The van der Waals surface area contributed by atoms with Gasteiger partial charge >= 0.3 is 6.09 Å². The summed E-state index contributed by atoms with van der Waals surface area (Å²) in [6.07, 6.45) is 15.3. The largest absolute Gasteiger partial charge is 0.420 e. The number of carbonyl (C=O) groups excluding carboxylic acids is 2. The predicted octanol–water partition coefficient (Wildman–Crippen LogP) is 7.28. The number of aliphatic hydroxyl groups is 1. The van der Waals surface area contributed by atoms with E-state index in [4.69, 9.17) is 4.74 Å². The zero-order chi connectivity index (χ0) is 24.8. The molecule has 5 atom stereocenters. The summed E-state index contributed by atoms with van der Waals surface area (Å²) in [5, 5.41) is 12.5. The molecule has 1 saturated carbocycles. The van der Waals surface area contributed by atoms with E-state index in [1.54, 1.807) is 12.1 Å². The van der Waals surface area contributed by atoms with Crippen molar-refractivity contribution in [3.05, 3.63) is 54.6 Å². The van der Waals surface area contributed by atoms with Gasteiger partial charge in [-0.05, 0) is 55.6 Å². The van der Waals surface area contributed by atoms with Crippen LogP contribution < -0.4 is 5.32 Å². The van der Waals surface area contributed by atoms with Gasteiger partial charge in [-0.15, -0.1) is 0 Å². The number of benzene rings is 1. The molecule has 5 nitrogen and oxygen atoms in total. The number of aliphatic hydroxyl groups excluding tert-OH is 1. The van der Waals surface area contributed by atoms with Crippen molar-refractivity contribution in [3.8, 4) is 0 Å². The summed E-state index contributed by atoms with van der Waals surface area (Å²) >= 11 is 0. The first-order chi connectivity index (χ1) is 16.4. The number of Topliss-reactive ketones (excluding diaryl/α,β-unsaturated/α-hetero) is 1. The SMILES string of the molecule is CCCCC[C@H](C)C=C[C@H]1[C@H](C)CC(=O)[C@@H]1CC=CCCCC(O)OC(=O)Nc1ccccc1. The van der Waals surface area contributed by atoms with Crippen LogP contribution in [0.2, 0.25) is 0 Å². The molecule has 1 aliphatic carbocycles. The quantitative estimate of drug-likeness (QED) is 0.170. The van der Waals surface area contributed by atoms with Gasteiger partial charge in [0.05, 0.1) is 0 Å². The van der Waals surface area contributed by atoms with Crippen molar-refractivity contribution in [2.45, 2.75) is 84.8 Å². The van der Waals surface area contributed by atoms with E-state index < -0.39 is 12.4 Å². The molecular formula is C29H43NO4. The number of allylic oxidation sites excluding steroid dienone is 4. The van der Waals surface area contributed by atoms with Gasteiger partial charge in [-0.3, -0.25) is 10.1 Å². The third-order valence-corrected chi connectivity index (χ3v) is 6.63. The first-order valence-electron chi connectivity index (χ1n) is 13.0. The average molecular weight is 470 g/mol. The van der Waals surface area contributed by atoms with Crippen LogP contribution in [0.1, 0.15) is 78.6 Å². The van der Waals surface area contributed by atoms with Crippen LogP contribution in [0.15, 0.2) is 54.6 Å². The lowest BCUT2D eigenvalue weighted by Crippen LogP contribution is -2.22. The Morgan fingerprint density at radius 2 is 1.94 bits per heavy atom. The van der Waals surface area contributed by atoms with Crippen LogP contribution in [0, 0.1) is 23.7 Å². The van der Waals surface area contributed by atoms with Crippen molar-refractivity contribution >= 4 is 17.6 Å². The van der Waals surface area contributed by atoms with E-state index in [-0.39, 0.29) is 5.92 Å². The Bertz CT molecular complexity index is 789. The number of hydrogen-bond acceptors (Lipinski definition) is 4. The number of amides is 1. The van der Waals surface area contributed by atoms with Crippen molar-refractivity contribution < 1.29 is 19.4 Å². The van der Waals surface area contributed by atoms with Crippen molar-refractivity contribution in [1.82, 2.24) is 0 Å². The number of unbranched alkanes of at least 4 members (excludes halogenated alkanes) is 3. The fourth-order valence-corrected chi connectivity index (χ4v) is 4.58. The fourth-order valence-electron chi connectivity index (χ4n) is 4.58. The third-order valence-electron chi connectivity index (χ3n) is 6.63. The summed E-state index contributed by atoms with van der Waals surface area (Å²) < 4.78 is 4.99. The van der Waals surface area contributed by atoms with Crippen molar-refractivity contribution in [3.63, 3.8) is 0 Å². The Morgan fingerprint density at radius 1 is 1.18 bits per heavy atom. The Labute approximate surface area is 205 Å². The molecule has 2 rings (SSSR count). The topological polar surface area (TPSA) is 75.6 Å². The standard InChI is InChI=1S/C29H43NO4/c1-4-5-9-14-22(2)19-20-25-23(3)21-27(31)26(25)17-12-6-7-13-18-28(32)34-29(33)30-24-15-10-8-11-16-24/h6,8,10-12,15-16,19-20,22-23,25-26,28,32H,4-5,7,9,13-14,17-18,21H2,1-3H3,(H,30,33)/t22-,23+,25-,26+,28?/m0/s1. The van der Waals surface area contributed by atoms with Gasteiger partial charge in [-0.25, -0.2) is 4.79 Å². The zero-order valence-electron chi connectivity index (χ0n) is 21.1. The van der Waals surface area contributed by atoms with Crippen LogP contribution >= 0.6 is 0 Å². The lowest BCUT2D eigenvalue weighted by molar-refractivity contribution is -0.121. The highest BCUT2D eigenvalue weighted by atomic mass is 16.6. The molecular weight excluding hydrogens is 426 g/mol. The minimum atomic E-state index is -1.14. The first-order valence-corrected chi connectivity index (χ1v) is 13.0. The molecule has 1 fully saturated rings. The molecule has 188 valence electrons. The summed E-state index contributed by atoms with van der Waals surface area (Å²) in [7, 11) is 0. The second kappa shape index (κ2) is 15.5. The van der Waals surface area contributed by atoms with Gasteiger partial charge in [0.25, 0.3) is 0 Å². The van der Waals surface area contributed by atoms with Crippen molar-refractivity contribution in [2.75, 3.05) is 5.32 Å². The lowest BCUT2D eigenvalue weighted by Gasteiger charge is -2.17. The number of hydrogen-bond donors (Lipinski definition) is 2. The molecule has 0 bridgehead atoms. The van der Waals surface area contributed by atoms with Gasteiger partial charge in [0.1, 0.15) is 5.78 Å². The van der Waals surface area contributed by atoms with Crippen molar-refractivity contribution in [1.29, 1.82) is 0 Å². The molecule has 5 heteroatoms. The van der Waals surface area contributed by atoms with Gasteiger partial charge in [0.2, 0.25) is 6.29 Å².